The summed E-state index contributed by atoms with van der Waals surface area (Å²) in [5, 5.41) is 3.31. The molecule has 2 unspecified atom stereocenters. The van der Waals surface area contributed by atoms with E-state index < -0.39 is 0 Å². The first kappa shape index (κ1) is 13.1. The lowest BCUT2D eigenvalue weighted by atomic mass is 10.1. The Hall–Kier alpha value is -0.980. The Kier molecular flexibility index (Phi) is 4.85. The van der Waals surface area contributed by atoms with Crippen molar-refractivity contribution in [3.05, 3.63) is 28.2 Å². The monoisotopic (exact) mass is 281 g/mol. The average Bonchev–Trinajstić information content (AvgIpc) is 2.28. The lowest BCUT2D eigenvalue weighted by Gasteiger charge is -2.17. The predicted molar refractivity (Wildman–Crippen MR) is 70.5 cm³/mol. The predicted octanol–water partition coefficient (Wildman–Crippen LogP) is 3.13. The maximum Gasteiger partial charge on any atom is 0.133 e. The third-order valence-electron chi connectivity index (χ3n) is 2.43. The summed E-state index contributed by atoms with van der Waals surface area (Å²) in [5.41, 5.74) is 1.18. The Bertz CT molecular complexity index is 397. The first-order valence-electron chi connectivity index (χ1n) is 5.14. The van der Waals surface area contributed by atoms with Crippen molar-refractivity contribution in [2.45, 2.75) is 25.9 Å². The summed E-state index contributed by atoms with van der Waals surface area (Å²) in [4.78, 5) is 0. The molecule has 0 saturated carbocycles. The quantitative estimate of drug-likeness (QED) is 0.857. The number of nitrogens with one attached hydrogen (secondary N) is 1. The zero-order valence-electron chi connectivity index (χ0n) is 9.75. The van der Waals surface area contributed by atoms with Crippen LogP contribution in [0.1, 0.15) is 25.5 Å². The van der Waals surface area contributed by atoms with Crippen LogP contribution in [0, 0.1) is 12.3 Å². The van der Waals surface area contributed by atoms with Gasteiger partial charge in [-0.05, 0) is 47.5 Å². The fraction of sp³-hybridized carbons (Fsp3) is 0.385. The minimum Gasteiger partial charge on any atom is -0.496 e. The highest BCUT2D eigenvalue weighted by Gasteiger charge is 2.09. The van der Waals surface area contributed by atoms with E-state index in [9.17, 15) is 0 Å². The van der Waals surface area contributed by atoms with E-state index in [1.165, 1.54) is 5.56 Å². The van der Waals surface area contributed by atoms with Crippen LogP contribution in [0.4, 0.5) is 0 Å². The number of ether oxygens (including phenoxy) is 1. The SMILES string of the molecule is C#CC(C)NC(C)c1ccc(OC)c(Br)c1. The van der Waals surface area contributed by atoms with E-state index in [-0.39, 0.29) is 12.1 Å². The maximum atomic E-state index is 5.33. The molecule has 1 rings (SSSR count). The fourth-order valence-electron chi connectivity index (χ4n) is 1.47. The second-order valence-corrected chi connectivity index (χ2v) is 4.53. The molecule has 1 N–H and O–H groups in total. The van der Waals surface area contributed by atoms with Crippen molar-refractivity contribution in [3.63, 3.8) is 0 Å². The number of halogens is 1. The van der Waals surface area contributed by atoms with Gasteiger partial charge in [0.25, 0.3) is 0 Å². The highest BCUT2D eigenvalue weighted by Crippen LogP contribution is 2.27. The number of rotatable bonds is 4. The first-order chi connectivity index (χ1) is 7.58. The molecule has 0 aliphatic rings. The summed E-state index contributed by atoms with van der Waals surface area (Å²) >= 11 is 3.47. The van der Waals surface area contributed by atoms with Gasteiger partial charge in [-0.3, -0.25) is 5.32 Å². The molecule has 0 aliphatic carbocycles. The molecule has 0 fully saturated rings. The Morgan fingerprint density at radius 3 is 2.62 bits per heavy atom. The van der Waals surface area contributed by atoms with Gasteiger partial charge in [0.1, 0.15) is 5.75 Å². The second-order valence-electron chi connectivity index (χ2n) is 3.67. The highest BCUT2D eigenvalue weighted by molar-refractivity contribution is 9.10. The Labute approximate surface area is 106 Å². The van der Waals surface area contributed by atoms with Crippen LogP contribution < -0.4 is 10.1 Å². The van der Waals surface area contributed by atoms with Gasteiger partial charge in [-0.2, -0.15) is 0 Å². The second kappa shape index (κ2) is 5.93. The summed E-state index contributed by atoms with van der Waals surface area (Å²) in [7, 11) is 1.65. The fourth-order valence-corrected chi connectivity index (χ4v) is 2.03. The molecule has 0 aliphatic heterocycles. The van der Waals surface area contributed by atoms with E-state index in [1.807, 2.05) is 25.1 Å². The third-order valence-corrected chi connectivity index (χ3v) is 3.05. The van der Waals surface area contributed by atoms with E-state index in [0.29, 0.717) is 0 Å². The maximum absolute atomic E-state index is 5.33. The van der Waals surface area contributed by atoms with E-state index >= 15 is 0 Å². The van der Waals surface area contributed by atoms with Crippen molar-refractivity contribution in [1.82, 2.24) is 5.32 Å². The van der Waals surface area contributed by atoms with Crippen LogP contribution in [0.3, 0.4) is 0 Å². The van der Waals surface area contributed by atoms with Crippen LogP contribution in [0.5, 0.6) is 5.75 Å². The number of methoxy groups -OCH3 is 1. The molecule has 0 heterocycles. The highest BCUT2D eigenvalue weighted by atomic mass is 79.9. The summed E-state index contributed by atoms with van der Waals surface area (Å²) in [5.74, 6) is 3.49. The van der Waals surface area contributed by atoms with Crippen molar-refractivity contribution in [1.29, 1.82) is 0 Å². The van der Waals surface area contributed by atoms with Crippen LogP contribution in [-0.4, -0.2) is 13.2 Å². The van der Waals surface area contributed by atoms with Crippen LogP contribution in [0.25, 0.3) is 0 Å². The number of hydrogen-bond acceptors (Lipinski definition) is 2. The number of hydrogen-bond donors (Lipinski definition) is 1. The van der Waals surface area contributed by atoms with Gasteiger partial charge < -0.3 is 4.74 Å². The van der Waals surface area contributed by atoms with Crippen molar-refractivity contribution in [2.24, 2.45) is 0 Å². The average molecular weight is 282 g/mol. The standard InChI is InChI=1S/C13H16BrNO/c1-5-9(2)15-10(3)11-6-7-13(16-4)12(14)8-11/h1,6-10,15H,2-4H3. The Morgan fingerprint density at radius 2 is 2.12 bits per heavy atom. The lowest BCUT2D eigenvalue weighted by Crippen LogP contribution is -2.27. The van der Waals surface area contributed by atoms with Gasteiger partial charge in [-0.25, -0.2) is 0 Å². The topological polar surface area (TPSA) is 21.3 Å². The van der Waals surface area contributed by atoms with E-state index in [1.54, 1.807) is 7.11 Å². The van der Waals surface area contributed by atoms with Crippen molar-refractivity contribution in [3.8, 4) is 18.1 Å². The largest absolute Gasteiger partial charge is 0.496 e. The normalized spacial score (nSPS) is 13.9. The Morgan fingerprint density at radius 1 is 1.44 bits per heavy atom. The molecule has 2 atom stereocenters. The molecule has 0 spiro atoms. The van der Waals surface area contributed by atoms with E-state index in [2.05, 4.69) is 34.1 Å². The molecule has 0 saturated heterocycles. The smallest absolute Gasteiger partial charge is 0.133 e. The number of terminal acetylenes is 1. The summed E-state index contributed by atoms with van der Waals surface area (Å²) in [6.07, 6.45) is 5.33. The molecule has 2 nitrogen and oxygen atoms in total. The molecule has 0 aromatic heterocycles. The van der Waals surface area contributed by atoms with Crippen LogP contribution in [0.2, 0.25) is 0 Å². The molecule has 1 aromatic rings. The van der Waals surface area contributed by atoms with Crippen LogP contribution >= 0.6 is 15.9 Å². The van der Waals surface area contributed by atoms with Gasteiger partial charge in [-0.1, -0.05) is 12.0 Å². The van der Waals surface area contributed by atoms with Crippen molar-refractivity contribution >= 4 is 15.9 Å². The van der Waals surface area contributed by atoms with Crippen molar-refractivity contribution < 1.29 is 4.74 Å². The van der Waals surface area contributed by atoms with Gasteiger partial charge in [0, 0.05) is 6.04 Å². The minimum atomic E-state index is 0.0656. The van der Waals surface area contributed by atoms with Gasteiger partial charge in [-0.15, -0.1) is 6.42 Å². The van der Waals surface area contributed by atoms with Gasteiger partial charge >= 0.3 is 0 Å². The first-order valence-corrected chi connectivity index (χ1v) is 5.93. The zero-order valence-corrected chi connectivity index (χ0v) is 11.3. The van der Waals surface area contributed by atoms with Gasteiger partial charge in [0.2, 0.25) is 0 Å². The molecule has 0 radical (unpaired) electrons. The van der Waals surface area contributed by atoms with E-state index in [4.69, 9.17) is 11.2 Å². The molecular weight excluding hydrogens is 266 g/mol. The van der Waals surface area contributed by atoms with Crippen LogP contribution in [-0.2, 0) is 0 Å². The van der Waals surface area contributed by atoms with Gasteiger partial charge in [0.05, 0.1) is 17.6 Å². The zero-order chi connectivity index (χ0) is 12.1. The molecule has 1 aromatic carbocycles. The lowest BCUT2D eigenvalue weighted by molar-refractivity contribution is 0.411. The van der Waals surface area contributed by atoms with E-state index in [0.717, 1.165) is 10.2 Å². The third kappa shape index (κ3) is 3.26. The Balaban J connectivity index is 2.81. The van der Waals surface area contributed by atoms with Gasteiger partial charge in [0.15, 0.2) is 0 Å². The van der Waals surface area contributed by atoms with Crippen molar-refractivity contribution in [2.75, 3.05) is 7.11 Å². The summed E-state index contributed by atoms with van der Waals surface area (Å²) in [6.45, 7) is 4.05. The molecule has 86 valence electrons. The molecule has 16 heavy (non-hydrogen) atoms. The summed E-state index contributed by atoms with van der Waals surface area (Å²) < 4.78 is 6.14. The minimum absolute atomic E-state index is 0.0656. The molecule has 0 amide bonds. The molecular formula is C13H16BrNO. The van der Waals surface area contributed by atoms with Crippen LogP contribution in [0.15, 0.2) is 22.7 Å². The summed E-state index contributed by atoms with van der Waals surface area (Å²) in [6, 6.07) is 6.30. The molecule has 3 heteroatoms. The molecule has 0 bridgehead atoms. The number of benzene rings is 1.